The maximum Gasteiger partial charge on any atom is 0.471 e. The molecule has 0 aliphatic carbocycles. The number of hydrogen-bond donors (Lipinski definition) is 1. The van der Waals surface area contributed by atoms with Crippen molar-refractivity contribution < 1.29 is 17.7 Å². The van der Waals surface area contributed by atoms with Crippen molar-refractivity contribution in [2.45, 2.75) is 46.8 Å². The van der Waals surface area contributed by atoms with Crippen LogP contribution < -0.4 is 5.32 Å². The zero-order valence-corrected chi connectivity index (χ0v) is 17.5. The number of imidazole rings is 1. The molecule has 0 amide bonds. The Morgan fingerprint density at radius 2 is 1.90 bits per heavy atom. The Bertz CT molecular complexity index is 1030. The molecule has 0 aliphatic rings. The highest BCUT2D eigenvalue weighted by Gasteiger charge is 2.38. The van der Waals surface area contributed by atoms with Crippen LogP contribution in [0.15, 0.2) is 22.7 Å². The average molecular weight is 421 g/mol. The first kappa shape index (κ1) is 22.0. The van der Waals surface area contributed by atoms with Crippen LogP contribution >= 0.6 is 0 Å². The van der Waals surface area contributed by atoms with Crippen molar-refractivity contribution >= 4 is 23.2 Å². The van der Waals surface area contributed by atoms with Gasteiger partial charge in [-0.2, -0.15) is 18.2 Å². The molecule has 1 N–H and O–H groups in total. The van der Waals surface area contributed by atoms with Crippen molar-refractivity contribution in [2.75, 3.05) is 13.1 Å². The Balaban J connectivity index is 1.88. The number of rotatable bonds is 7. The molecule has 9 heteroatoms. The van der Waals surface area contributed by atoms with Gasteiger partial charge in [0.05, 0.1) is 11.0 Å². The fourth-order valence-electron chi connectivity index (χ4n) is 3.12. The molecule has 0 bridgehead atoms. The van der Waals surface area contributed by atoms with Crippen LogP contribution in [0, 0.1) is 5.41 Å². The lowest BCUT2D eigenvalue weighted by Gasteiger charge is -2.19. The lowest BCUT2D eigenvalue weighted by molar-refractivity contribution is -0.159. The number of nitrogens with zero attached hydrogens (tertiary/aromatic N) is 4. The van der Waals surface area contributed by atoms with Crippen LogP contribution in [-0.2, 0) is 19.1 Å². The molecule has 0 saturated carbocycles. The van der Waals surface area contributed by atoms with Gasteiger partial charge in [0.1, 0.15) is 5.82 Å². The van der Waals surface area contributed by atoms with E-state index in [0.29, 0.717) is 0 Å². The Labute approximate surface area is 173 Å². The van der Waals surface area contributed by atoms with Gasteiger partial charge in [-0.3, -0.25) is 0 Å². The summed E-state index contributed by atoms with van der Waals surface area (Å²) < 4.78 is 44.2. The zero-order valence-electron chi connectivity index (χ0n) is 17.5. The second-order valence-electron chi connectivity index (χ2n) is 8.31. The fraction of sp³-hybridized carbons (Fsp3) is 0.476. The van der Waals surface area contributed by atoms with E-state index in [-0.39, 0.29) is 11.2 Å². The third-order valence-corrected chi connectivity index (χ3v) is 4.41. The number of halogens is 3. The Kier molecular flexibility index (Phi) is 6.30. The molecule has 0 atom stereocenters. The molecule has 2 heterocycles. The van der Waals surface area contributed by atoms with Crippen molar-refractivity contribution in [1.82, 2.24) is 25.0 Å². The SMILES string of the molecule is CCNCCn1c(CC(C)(C)C)nc2cc(/C=C/c3noc(C(F)(F)F)n3)ccc21. The number of hydrogen-bond acceptors (Lipinski definition) is 5. The predicted octanol–water partition coefficient (Wildman–Crippen LogP) is 4.81. The van der Waals surface area contributed by atoms with Gasteiger partial charge in [-0.15, -0.1) is 0 Å². The number of alkyl halides is 3. The summed E-state index contributed by atoms with van der Waals surface area (Å²) in [5.74, 6) is -0.472. The summed E-state index contributed by atoms with van der Waals surface area (Å²) >= 11 is 0. The van der Waals surface area contributed by atoms with Gasteiger partial charge in [0, 0.05) is 19.5 Å². The van der Waals surface area contributed by atoms with Crippen molar-refractivity contribution in [3.05, 3.63) is 41.3 Å². The van der Waals surface area contributed by atoms with Crippen molar-refractivity contribution in [3.63, 3.8) is 0 Å². The highest BCUT2D eigenvalue weighted by molar-refractivity contribution is 5.81. The second-order valence-corrected chi connectivity index (χ2v) is 8.31. The Hall–Kier alpha value is -2.68. The van der Waals surface area contributed by atoms with E-state index in [1.54, 1.807) is 6.08 Å². The third-order valence-electron chi connectivity index (χ3n) is 4.41. The maximum atomic E-state index is 12.6. The minimum absolute atomic E-state index is 0.0921. The number of benzene rings is 1. The molecule has 0 spiro atoms. The summed E-state index contributed by atoms with van der Waals surface area (Å²) in [6, 6.07) is 5.79. The van der Waals surface area contributed by atoms with E-state index in [4.69, 9.17) is 4.98 Å². The average Bonchev–Trinajstić information content (AvgIpc) is 3.23. The number of likely N-dealkylation sites (N-methyl/N-ethyl adjacent to an activating group) is 1. The van der Waals surface area contributed by atoms with Gasteiger partial charge in [-0.05, 0) is 35.7 Å². The van der Waals surface area contributed by atoms with Crippen molar-refractivity contribution in [1.29, 1.82) is 0 Å². The molecule has 3 aromatic rings. The summed E-state index contributed by atoms with van der Waals surface area (Å²) in [6.07, 6.45) is -0.785. The van der Waals surface area contributed by atoms with Gasteiger partial charge in [-0.1, -0.05) is 45.0 Å². The molecule has 6 nitrogen and oxygen atoms in total. The third kappa shape index (κ3) is 5.47. The minimum Gasteiger partial charge on any atom is -0.329 e. The van der Waals surface area contributed by atoms with Gasteiger partial charge >= 0.3 is 12.1 Å². The van der Waals surface area contributed by atoms with Crippen LogP contribution in [-0.4, -0.2) is 32.8 Å². The molecular weight excluding hydrogens is 395 g/mol. The van der Waals surface area contributed by atoms with Crippen LogP contribution in [0.3, 0.4) is 0 Å². The minimum atomic E-state index is -4.65. The molecule has 0 fully saturated rings. The zero-order chi connectivity index (χ0) is 21.9. The monoisotopic (exact) mass is 421 g/mol. The summed E-state index contributed by atoms with van der Waals surface area (Å²) in [6.45, 7) is 11.2. The smallest absolute Gasteiger partial charge is 0.329 e. The molecule has 0 saturated heterocycles. The quantitative estimate of drug-likeness (QED) is 0.555. The molecule has 1 aromatic carbocycles. The van der Waals surface area contributed by atoms with Gasteiger partial charge in [0.15, 0.2) is 5.82 Å². The molecule has 0 radical (unpaired) electrons. The lowest BCUT2D eigenvalue weighted by Crippen LogP contribution is -2.22. The summed E-state index contributed by atoms with van der Waals surface area (Å²) in [5.41, 5.74) is 2.76. The standard InChI is InChI=1S/C21H26F3N5O/c1-5-25-10-11-29-16-8-6-14(12-15(16)26-18(29)13-20(2,3)4)7-9-17-27-19(30-28-17)21(22,23)24/h6-9,12,25H,5,10-11,13H2,1-4H3/b9-7+. The number of nitrogens with one attached hydrogen (secondary N) is 1. The molecule has 3 rings (SSSR count). The van der Waals surface area contributed by atoms with E-state index < -0.39 is 12.1 Å². The van der Waals surface area contributed by atoms with E-state index in [1.807, 2.05) is 18.2 Å². The maximum absolute atomic E-state index is 12.6. The molecule has 0 unspecified atom stereocenters. The van der Waals surface area contributed by atoms with E-state index >= 15 is 0 Å². The van der Waals surface area contributed by atoms with Crippen molar-refractivity contribution in [3.8, 4) is 0 Å². The second kappa shape index (κ2) is 8.59. The molecule has 0 aliphatic heterocycles. The summed E-state index contributed by atoms with van der Waals surface area (Å²) in [5, 5.41) is 6.68. The first-order chi connectivity index (χ1) is 14.1. The lowest BCUT2D eigenvalue weighted by atomic mass is 9.92. The van der Waals surface area contributed by atoms with Crippen LogP contribution in [0.4, 0.5) is 13.2 Å². The fourth-order valence-corrected chi connectivity index (χ4v) is 3.12. The van der Waals surface area contributed by atoms with Crippen LogP contribution in [0.2, 0.25) is 0 Å². The van der Waals surface area contributed by atoms with Gasteiger partial charge < -0.3 is 14.4 Å². The highest BCUT2D eigenvalue weighted by Crippen LogP contribution is 2.28. The molecule has 30 heavy (non-hydrogen) atoms. The van der Waals surface area contributed by atoms with Crippen LogP contribution in [0.1, 0.15) is 50.8 Å². The van der Waals surface area contributed by atoms with E-state index in [9.17, 15) is 13.2 Å². The molecular formula is C21H26F3N5O. The van der Waals surface area contributed by atoms with E-state index in [1.165, 1.54) is 6.08 Å². The van der Waals surface area contributed by atoms with Crippen LogP contribution in [0.25, 0.3) is 23.2 Å². The van der Waals surface area contributed by atoms with E-state index in [0.717, 1.165) is 48.5 Å². The Morgan fingerprint density at radius 1 is 1.13 bits per heavy atom. The first-order valence-corrected chi connectivity index (χ1v) is 9.86. The molecule has 2 aromatic heterocycles. The molecule has 162 valence electrons. The first-order valence-electron chi connectivity index (χ1n) is 9.86. The van der Waals surface area contributed by atoms with Crippen molar-refractivity contribution in [2.24, 2.45) is 5.41 Å². The predicted molar refractivity (Wildman–Crippen MR) is 110 cm³/mol. The topological polar surface area (TPSA) is 68.8 Å². The summed E-state index contributed by atoms with van der Waals surface area (Å²) in [4.78, 5) is 8.17. The Morgan fingerprint density at radius 3 is 2.53 bits per heavy atom. The normalized spacial score (nSPS) is 13.0. The van der Waals surface area contributed by atoms with Crippen LogP contribution in [0.5, 0.6) is 0 Å². The largest absolute Gasteiger partial charge is 0.471 e. The van der Waals surface area contributed by atoms with Gasteiger partial charge in [0.2, 0.25) is 0 Å². The van der Waals surface area contributed by atoms with Gasteiger partial charge in [0.25, 0.3) is 0 Å². The summed E-state index contributed by atoms with van der Waals surface area (Å²) in [7, 11) is 0. The highest BCUT2D eigenvalue weighted by atomic mass is 19.4. The van der Waals surface area contributed by atoms with E-state index in [2.05, 4.69) is 52.2 Å². The number of aromatic nitrogens is 4. The van der Waals surface area contributed by atoms with Gasteiger partial charge in [-0.25, -0.2) is 4.98 Å². The number of fused-ring (bicyclic) bond motifs is 1.